The van der Waals surface area contributed by atoms with E-state index in [0.717, 1.165) is 0 Å². The van der Waals surface area contributed by atoms with Crippen molar-refractivity contribution in [2.75, 3.05) is 11.1 Å². The van der Waals surface area contributed by atoms with Crippen LogP contribution in [0, 0.1) is 0 Å². The van der Waals surface area contributed by atoms with Crippen molar-refractivity contribution in [3.05, 3.63) is 30.2 Å². The normalized spacial score (nSPS) is 9.87. The van der Waals surface area contributed by atoms with Gasteiger partial charge in [0, 0.05) is 6.20 Å². The summed E-state index contributed by atoms with van der Waals surface area (Å²) in [6, 6.07) is 3.42. The zero-order valence-corrected chi connectivity index (χ0v) is 7.64. The molecule has 0 saturated heterocycles. The Kier molecular flexibility index (Phi) is 2.28. The van der Waals surface area contributed by atoms with Crippen LogP contribution in [0.15, 0.2) is 24.5 Å². The molecular weight excluding hydrogens is 196 g/mol. The number of nitrogens with one attached hydrogen (secondary N) is 2. The predicted octanol–water partition coefficient (Wildman–Crippen LogP) is 0.0342. The smallest absolute Gasteiger partial charge is 0.280 e. The first kappa shape index (κ1) is 9.13. The molecule has 76 valence electrons. The van der Waals surface area contributed by atoms with Gasteiger partial charge < -0.3 is 11.1 Å². The monoisotopic (exact) mass is 204 g/mol. The first-order valence-electron chi connectivity index (χ1n) is 4.15. The van der Waals surface area contributed by atoms with Crippen molar-refractivity contribution in [1.29, 1.82) is 0 Å². The molecule has 7 heteroatoms. The molecular formula is C8H8N6O. The number of carbonyl (C=O) groups excluding carboxylic acids is 1. The van der Waals surface area contributed by atoms with Gasteiger partial charge in [-0.3, -0.25) is 9.78 Å². The lowest BCUT2D eigenvalue weighted by Crippen LogP contribution is -2.14. The molecule has 0 fully saturated rings. The Labute approximate surface area is 84.7 Å². The molecule has 0 aliphatic carbocycles. The fourth-order valence-corrected chi connectivity index (χ4v) is 1.03. The molecule has 1 amide bonds. The topological polar surface area (TPSA) is 110 Å². The van der Waals surface area contributed by atoms with Crippen molar-refractivity contribution in [3.8, 4) is 0 Å². The summed E-state index contributed by atoms with van der Waals surface area (Å²) in [5.74, 6) is -0.356. The second kappa shape index (κ2) is 3.74. The van der Waals surface area contributed by atoms with E-state index in [1.165, 1.54) is 6.20 Å². The molecule has 0 unspecified atom stereocenters. The fourth-order valence-electron chi connectivity index (χ4n) is 1.03. The SMILES string of the molecule is Nc1n[nH]nc1C(=O)Nc1cccnc1. The van der Waals surface area contributed by atoms with E-state index in [1.807, 2.05) is 0 Å². The molecule has 0 aliphatic rings. The van der Waals surface area contributed by atoms with E-state index in [1.54, 1.807) is 18.3 Å². The van der Waals surface area contributed by atoms with E-state index in [9.17, 15) is 4.79 Å². The van der Waals surface area contributed by atoms with Gasteiger partial charge in [0.15, 0.2) is 11.5 Å². The summed E-state index contributed by atoms with van der Waals surface area (Å²) in [6.45, 7) is 0. The molecule has 2 aromatic rings. The molecule has 2 heterocycles. The van der Waals surface area contributed by atoms with Crippen LogP contribution in [0.2, 0.25) is 0 Å². The summed E-state index contributed by atoms with van der Waals surface area (Å²) in [6.07, 6.45) is 3.13. The number of nitrogens with zero attached hydrogens (tertiary/aromatic N) is 3. The van der Waals surface area contributed by atoms with Crippen molar-refractivity contribution >= 4 is 17.4 Å². The minimum atomic E-state index is -0.422. The number of pyridine rings is 1. The third kappa shape index (κ3) is 1.90. The molecule has 0 radical (unpaired) electrons. The quantitative estimate of drug-likeness (QED) is 0.639. The third-order valence-corrected chi connectivity index (χ3v) is 1.71. The van der Waals surface area contributed by atoms with Crippen molar-refractivity contribution in [2.24, 2.45) is 0 Å². The van der Waals surface area contributed by atoms with Crippen molar-refractivity contribution in [2.45, 2.75) is 0 Å². The maximum Gasteiger partial charge on any atom is 0.280 e. The van der Waals surface area contributed by atoms with Crippen molar-refractivity contribution in [1.82, 2.24) is 20.4 Å². The van der Waals surface area contributed by atoms with Gasteiger partial charge in [0.1, 0.15) is 0 Å². The molecule has 0 spiro atoms. The second-order valence-corrected chi connectivity index (χ2v) is 2.75. The van der Waals surface area contributed by atoms with Gasteiger partial charge in [-0.05, 0) is 12.1 Å². The molecule has 0 aromatic carbocycles. The zero-order chi connectivity index (χ0) is 10.7. The van der Waals surface area contributed by atoms with Crippen LogP contribution in [0.1, 0.15) is 10.5 Å². The number of amides is 1. The Balaban J connectivity index is 2.15. The number of aromatic amines is 1. The standard InChI is InChI=1S/C8H8N6O/c9-7-6(12-14-13-7)8(15)11-5-2-1-3-10-4-5/h1-4H,(H,11,15)(H3,9,12,13,14). The van der Waals surface area contributed by atoms with E-state index < -0.39 is 5.91 Å². The summed E-state index contributed by atoms with van der Waals surface area (Å²) < 4.78 is 0. The lowest BCUT2D eigenvalue weighted by atomic mass is 10.3. The van der Waals surface area contributed by atoms with Crippen LogP contribution in [0.4, 0.5) is 11.5 Å². The maximum absolute atomic E-state index is 11.6. The van der Waals surface area contributed by atoms with Gasteiger partial charge in [-0.2, -0.15) is 5.21 Å². The molecule has 0 atom stereocenters. The van der Waals surface area contributed by atoms with Gasteiger partial charge in [-0.1, -0.05) is 0 Å². The predicted molar refractivity (Wildman–Crippen MR) is 53.0 cm³/mol. The van der Waals surface area contributed by atoms with Crippen LogP contribution >= 0.6 is 0 Å². The highest BCUT2D eigenvalue weighted by Gasteiger charge is 2.13. The molecule has 15 heavy (non-hydrogen) atoms. The summed E-state index contributed by atoms with van der Waals surface area (Å²) in [4.78, 5) is 15.4. The van der Waals surface area contributed by atoms with E-state index in [0.29, 0.717) is 5.69 Å². The van der Waals surface area contributed by atoms with E-state index in [4.69, 9.17) is 5.73 Å². The molecule has 0 aliphatic heterocycles. The first-order valence-corrected chi connectivity index (χ1v) is 4.15. The Morgan fingerprint density at radius 1 is 1.47 bits per heavy atom. The van der Waals surface area contributed by atoms with Gasteiger partial charge in [0.2, 0.25) is 0 Å². The number of hydrogen-bond donors (Lipinski definition) is 3. The van der Waals surface area contributed by atoms with Crippen LogP contribution in [0.5, 0.6) is 0 Å². The minimum absolute atomic E-state index is 0.0661. The number of anilines is 2. The second-order valence-electron chi connectivity index (χ2n) is 2.75. The van der Waals surface area contributed by atoms with Crippen LogP contribution in [-0.2, 0) is 0 Å². The van der Waals surface area contributed by atoms with Crippen molar-refractivity contribution in [3.63, 3.8) is 0 Å². The van der Waals surface area contributed by atoms with Gasteiger partial charge in [-0.25, -0.2) is 0 Å². The number of nitrogen functional groups attached to an aromatic ring is 1. The molecule has 4 N–H and O–H groups in total. The highest BCUT2D eigenvalue weighted by Crippen LogP contribution is 2.08. The Hall–Kier alpha value is -2.44. The largest absolute Gasteiger partial charge is 0.380 e. The van der Waals surface area contributed by atoms with Crippen LogP contribution < -0.4 is 11.1 Å². The minimum Gasteiger partial charge on any atom is -0.380 e. The zero-order valence-electron chi connectivity index (χ0n) is 7.64. The number of carbonyl (C=O) groups is 1. The van der Waals surface area contributed by atoms with Crippen LogP contribution in [0.3, 0.4) is 0 Å². The number of H-pyrrole nitrogens is 1. The molecule has 0 bridgehead atoms. The summed E-state index contributed by atoms with van der Waals surface area (Å²) in [5, 5.41) is 12.0. The van der Waals surface area contributed by atoms with Crippen LogP contribution in [0.25, 0.3) is 0 Å². The molecule has 2 aromatic heterocycles. The van der Waals surface area contributed by atoms with Gasteiger partial charge in [-0.15, -0.1) is 10.2 Å². The summed E-state index contributed by atoms with van der Waals surface area (Å²) in [7, 11) is 0. The van der Waals surface area contributed by atoms with Gasteiger partial charge in [0.25, 0.3) is 5.91 Å². The number of hydrogen-bond acceptors (Lipinski definition) is 5. The molecule has 7 nitrogen and oxygen atoms in total. The Morgan fingerprint density at radius 3 is 2.93 bits per heavy atom. The van der Waals surface area contributed by atoms with E-state index >= 15 is 0 Å². The molecule has 0 saturated carbocycles. The highest BCUT2D eigenvalue weighted by molar-refractivity contribution is 6.05. The summed E-state index contributed by atoms with van der Waals surface area (Å²) >= 11 is 0. The lowest BCUT2D eigenvalue weighted by molar-refractivity contribution is 0.102. The molecule has 2 rings (SSSR count). The fraction of sp³-hybridized carbons (Fsp3) is 0. The summed E-state index contributed by atoms with van der Waals surface area (Å²) in [5.41, 5.74) is 6.06. The van der Waals surface area contributed by atoms with Crippen LogP contribution in [-0.4, -0.2) is 26.3 Å². The first-order chi connectivity index (χ1) is 7.27. The third-order valence-electron chi connectivity index (χ3n) is 1.71. The van der Waals surface area contributed by atoms with Gasteiger partial charge in [0.05, 0.1) is 11.9 Å². The van der Waals surface area contributed by atoms with Crippen molar-refractivity contribution < 1.29 is 4.79 Å². The average molecular weight is 204 g/mol. The number of aromatic nitrogens is 4. The number of nitrogens with two attached hydrogens (primary N) is 1. The Morgan fingerprint density at radius 2 is 2.33 bits per heavy atom. The maximum atomic E-state index is 11.6. The Bertz CT molecular complexity index is 465. The average Bonchev–Trinajstić information content (AvgIpc) is 2.66. The van der Waals surface area contributed by atoms with E-state index in [2.05, 4.69) is 25.7 Å². The lowest BCUT2D eigenvalue weighted by Gasteiger charge is -2.01. The highest BCUT2D eigenvalue weighted by atomic mass is 16.2. The number of rotatable bonds is 2. The van der Waals surface area contributed by atoms with E-state index in [-0.39, 0.29) is 11.5 Å². The van der Waals surface area contributed by atoms with Gasteiger partial charge >= 0.3 is 0 Å².